The lowest BCUT2D eigenvalue weighted by Crippen LogP contribution is -2.25. The maximum absolute atomic E-state index is 10.8. The average Bonchev–Trinajstić information content (AvgIpc) is 2.15. The van der Waals surface area contributed by atoms with Gasteiger partial charge in [-0.25, -0.2) is 4.98 Å². The molecule has 0 aliphatic rings. The van der Waals surface area contributed by atoms with Crippen LogP contribution in [0, 0.1) is 0 Å². The molecule has 0 bridgehead atoms. The Labute approximate surface area is 95.9 Å². The lowest BCUT2D eigenvalue weighted by atomic mass is 9.81. The number of aromatic nitrogens is 1. The highest BCUT2D eigenvalue weighted by Gasteiger charge is 2.27. The normalized spacial score (nSPS) is 11.2. The van der Waals surface area contributed by atoms with E-state index >= 15 is 0 Å². The van der Waals surface area contributed by atoms with Crippen molar-refractivity contribution in [2.24, 2.45) is 0 Å². The molecule has 1 aromatic rings. The van der Waals surface area contributed by atoms with Crippen molar-refractivity contribution in [3.8, 4) is 0 Å². The number of pyridine rings is 1. The van der Waals surface area contributed by atoms with E-state index in [1.807, 2.05) is 45.0 Å². The third-order valence-corrected chi connectivity index (χ3v) is 2.53. The van der Waals surface area contributed by atoms with Crippen LogP contribution in [0.3, 0.4) is 0 Å². The summed E-state index contributed by atoms with van der Waals surface area (Å²) in [6, 6.07) is 3.78. The Bertz CT molecular complexity index is 386. The molecular weight excluding hydrogens is 204 g/mol. The molecule has 0 fully saturated rings. The summed E-state index contributed by atoms with van der Waals surface area (Å²) < 4.78 is 0. The van der Waals surface area contributed by atoms with Gasteiger partial charge in [0.2, 0.25) is 0 Å². The summed E-state index contributed by atoms with van der Waals surface area (Å²) in [5, 5.41) is 8.91. The van der Waals surface area contributed by atoms with Crippen LogP contribution < -0.4 is 4.90 Å². The van der Waals surface area contributed by atoms with Gasteiger partial charge in [-0.1, -0.05) is 19.9 Å². The van der Waals surface area contributed by atoms with Crippen LogP contribution in [0.25, 0.3) is 0 Å². The van der Waals surface area contributed by atoms with Crippen molar-refractivity contribution in [3.63, 3.8) is 0 Å². The first-order valence-electron chi connectivity index (χ1n) is 5.19. The van der Waals surface area contributed by atoms with Crippen LogP contribution in [-0.4, -0.2) is 30.2 Å². The Balaban J connectivity index is 3.16. The standard InChI is InChI=1S/C12H18N2O2/c1-12(2,8-10(15)16)9-6-5-7-13-11(9)14(3)4/h5-7H,8H2,1-4H3,(H,15,16). The third kappa shape index (κ3) is 2.72. The lowest BCUT2D eigenvalue weighted by molar-refractivity contribution is -0.138. The zero-order valence-corrected chi connectivity index (χ0v) is 10.2. The van der Waals surface area contributed by atoms with Crippen molar-refractivity contribution in [1.82, 2.24) is 4.98 Å². The number of aliphatic carboxylic acids is 1. The molecule has 16 heavy (non-hydrogen) atoms. The maximum Gasteiger partial charge on any atom is 0.304 e. The summed E-state index contributed by atoms with van der Waals surface area (Å²) in [5.74, 6) is 0.0345. The molecule has 0 atom stereocenters. The van der Waals surface area contributed by atoms with E-state index in [4.69, 9.17) is 5.11 Å². The van der Waals surface area contributed by atoms with Gasteiger partial charge in [0.05, 0.1) is 6.42 Å². The molecule has 4 heteroatoms. The molecule has 0 aliphatic carbocycles. The molecule has 0 radical (unpaired) electrons. The molecule has 4 nitrogen and oxygen atoms in total. The number of carboxylic acids is 1. The largest absolute Gasteiger partial charge is 0.481 e. The minimum absolute atomic E-state index is 0.0968. The molecule has 0 amide bonds. The van der Waals surface area contributed by atoms with Gasteiger partial charge in [0.25, 0.3) is 0 Å². The van der Waals surface area contributed by atoms with E-state index in [-0.39, 0.29) is 6.42 Å². The van der Waals surface area contributed by atoms with E-state index in [0.29, 0.717) is 0 Å². The first-order chi connectivity index (χ1) is 7.34. The van der Waals surface area contributed by atoms with Crippen LogP contribution in [0.2, 0.25) is 0 Å². The van der Waals surface area contributed by atoms with Gasteiger partial charge >= 0.3 is 5.97 Å². The minimum Gasteiger partial charge on any atom is -0.481 e. The predicted molar refractivity (Wildman–Crippen MR) is 63.8 cm³/mol. The molecule has 1 heterocycles. The average molecular weight is 222 g/mol. The van der Waals surface area contributed by atoms with Crippen molar-refractivity contribution in [2.45, 2.75) is 25.7 Å². The number of carboxylic acid groups (broad SMARTS) is 1. The zero-order valence-electron chi connectivity index (χ0n) is 10.2. The summed E-state index contributed by atoms with van der Waals surface area (Å²) in [6.45, 7) is 3.84. The molecule has 0 spiro atoms. The van der Waals surface area contributed by atoms with Gasteiger partial charge in [0.15, 0.2) is 0 Å². The van der Waals surface area contributed by atoms with Crippen LogP contribution in [0.5, 0.6) is 0 Å². The SMILES string of the molecule is CN(C)c1ncccc1C(C)(C)CC(=O)O. The van der Waals surface area contributed by atoms with Gasteiger partial charge in [-0.2, -0.15) is 0 Å². The summed E-state index contributed by atoms with van der Waals surface area (Å²) in [5.41, 5.74) is 0.544. The van der Waals surface area contributed by atoms with Crippen LogP contribution >= 0.6 is 0 Å². The number of rotatable bonds is 4. The molecular formula is C12H18N2O2. The Kier molecular flexibility index (Phi) is 3.52. The number of carbonyl (C=O) groups is 1. The summed E-state index contributed by atoms with van der Waals surface area (Å²) in [4.78, 5) is 17.0. The van der Waals surface area contributed by atoms with Crippen molar-refractivity contribution in [2.75, 3.05) is 19.0 Å². The molecule has 0 aliphatic heterocycles. The van der Waals surface area contributed by atoms with E-state index in [0.717, 1.165) is 11.4 Å². The number of hydrogen-bond acceptors (Lipinski definition) is 3. The monoisotopic (exact) mass is 222 g/mol. The first-order valence-corrected chi connectivity index (χ1v) is 5.19. The summed E-state index contributed by atoms with van der Waals surface area (Å²) in [7, 11) is 3.81. The molecule has 88 valence electrons. The first kappa shape index (κ1) is 12.5. The molecule has 0 aromatic carbocycles. The van der Waals surface area contributed by atoms with E-state index in [1.54, 1.807) is 6.20 Å². The zero-order chi connectivity index (χ0) is 12.3. The van der Waals surface area contributed by atoms with Crippen molar-refractivity contribution < 1.29 is 9.90 Å². The van der Waals surface area contributed by atoms with Crippen LogP contribution in [0.15, 0.2) is 18.3 Å². The number of anilines is 1. The molecule has 0 saturated heterocycles. The Morgan fingerprint density at radius 2 is 2.12 bits per heavy atom. The fourth-order valence-electron chi connectivity index (χ4n) is 1.75. The predicted octanol–water partition coefficient (Wildman–Crippen LogP) is 1.90. The van der Waals surface area contributed by atoms with Gasteiger partial charge < -0.3 is 10.0 Å². The van der Waals surface area contributed by atoms with Gasteiger partial charge in [-0.05, 0) is 6.07 Å². The highest BCUT2D eigenvalue weighted by molar-refractivity contribution is 5.69. The lowest BCUT2D eigenvalue weighted by Gasteiger charge is -2.27. The molecule has 0 saturated carbocycles. The Morgan fingerprint density at radius 3 is 2.62 bits per heavy atom. The molecule has 1 N–H and O–H groups in total. The maximum atomic E-state index is 10.8. The number of nitrogens with zero attached hydrogens (tertiary/aromatic N) is 2. The fourth-order valence-corrected chi connectivity index (χ4v) is 1.75. The van der Waals surface area contributed by atoms with Crippen LogP contribution in [0.1, 0.15) is 25.8 Å². The number of hydrogen-bond donors (Lipinski definition) is 1. The molecule has 1 rings (SSSR count). The van der Waals surface area contributed by atoms with Gasteiger partial charge in [-0.3, -0.25) is 4.79 Å². The summed E-state index contributed by atoms with van der Waals surface area (Å²) in [6.07, 6.45) is 1.81. The topological polar surface area (TPSA) is 53.4 Å². The Hall–Kier alpha value is -1.58. The van der Waals surface area contributed by atoms with E-state index in [2.05, 4.69) is 4.98 Å². The second-order valence-corrected chi connectivity index (χ2v) is 4.72. The highest BCUT2D eigenvalue weighted by Crippen LogP contribution is 2.32. The van der Waals surface area contributed by atoms with Crippen molar-refractivity contribution >= 4 is 11.8 Å². The second kappa shape index (κ2) is 4.51. The van der Waals surface area contributed by atoms with Crippen LogP contribution in [-0.2, 0) is 10.2 Å². The van der Waals surface area contributed by atoms with E-state index < -0.39 is 11.4 Å². The Morgan fingerprint density at radius 1 is 1.50 bits per heavy atom. The van der Waals surface area contributed by atoms with E-state index in [9.17, 15) is 4.79 Å². The fraction of sp³-hybridized carbons (Fsp3) is 0.500. The van der Waals surface area contributed by atoms with Gasteiger partial charge in [0, 0.05) is 31.3 Å². The van der Waals surface area contributed by atoms with Crippen molar-refractivity contribution in [3.05, 3.63) is 23.9 Å². The smallest absolute Gasteiger partial charge is 0.304 e. The van der Waals surface area contributed by atoms with Gasteiger partial charge in [0.1, 0.15) is 5.82 Å². The summed E-state index contributed by atoms with van der Waals surface area (Å²) >= 11 is 0. The molecule has 0 unspecified atom stereocenters. The van der Waals surface area contributed by atoms with E-state index in [1.165, 1.54) is 0 Å². The minimum atomic E-state index is -0.793. The third-order valence-electron chi connectivity index (χ3n) is 2.53. The molecule has 1 aromatic heterocycles. The second-order valence-electron chi connectivity index (χ2n) is 4.72. The highest BCUT2D eigenvalue weighted by atomic mass is 16.4. The van der Waals surface area contributed by atoms with Crippen LogP contribution in [0.4, 0.5) is 5.82 Å². The van der Waals surface area contributed by atoms with Crippen molar-refractivity contribution in [1.29, 1.82) is 0 Å². The van der Waals surface area contributed by atoms with Gasteiger partial charge in [-0.15, -0.1) is 0 Å². The quantitative estimate of drug-likeness (QED) is 0.845.